The highest BCUT2D eigenvalue weighted by Crippen LogP contribution is 2.47. The first-order valence-electron chi connectivity index (χ1n) is 5.26. The molecule has 0 heterocycles. The minimum Gasteiger partial charge on any atom is -0.211 e. The van der Waals surface area contributed by atoms with Crippen LogP contribution in [0.15, 0.2) is 23.2 Å². The predicted molar refractivity (Wildman–Crippen MR) is 60.1 cm³/mol. The molecule has 0 aliphatic heterocycles. The van der Waals surface area contributed by atoms with E-state index in [1.165, 1.54) is 24.3 Å². The Labute approximate surface area is 102 Å². The number of rotatable bonds is 3. The second-order valence-corrected chi connectivity index (χ2v) is 4.54. The topological polar surface area (TPSA) is 29.4 Å². The van der Waals surface area contributed by atoms with Crippen molar-refractivity contribution in [1.82, 2.24) is 0 Å². The van der Waals surface area contributed by atoms with Crippen molar-refractivity contribution >= 4 is 17.7 Å². The van der Waals surface area contributed by atoms with Gasteiger partial charge in [-0.3, -0.25) is 0 Å². The summed E-state index contributed by atoms with van der Waals surface area (Å²) in [4.78, 5) is 14.2. The van der Waals surface area contributed by atoms with E-state index < -0.39 is 12.0 Å². The highest BCUT2D eigenvalue weighted by Gasteiger charge is 2.40. The van der Waals surface area contributed by atoms with Gasteiger partial charge in [0.25, 0.3) is 6.43 Å². The van der Waals surface area contributed by atoms with Crippen molar-refractivity contribution in [1.29, 1.82) is 0 Å². The molecular weight excluding hydrogens is 248 g/mol. The first kappa shape index (κ1) is 12.2. The van der Waals surface area contributed by atoms with Crippen LogP contribution in [-0.4, -0.2) is 6.08 Å². The molecule has 0 unspecified atom stereocenters. The second-order valence-electron chi connectivity index (χ2n) is 4.13. The Balaban J connectivity index is 2.49. The van der Waals surface area contributed by atoms with Crippen molar-refractivity contribution in [2.24, 2.45) is 4.99 Å². The lowest BCUT2D eigenvalue weighted by Gasteiger charge is -2.37. The number of carbonyl (C=O) groups excluding carboxylic acids is 1. The molecule has 0 bridgehead atoms. The summed E-state index contributed by atoms with van der Waals surface area (Å²) in [6.45, 7) is 0. The van der Waals surface area contributed by atoms with Crippen LogP contribution in [0.4, 0.5) is 8.78 Å². The molecule has 1 fully saturated rings. The molecule has 1 aromatic rings. The molecule has 0 aromatic heterocycles. The zero-order valence-corrected chi connectivity index (χ0v) is 9.68. The van der Waals surface area contributed by atoms with Gasteiger partial charge in [-0.2, -0.15) is 4.99 Å². The van der Waals surface area contributed by atoms with Gasteiger partial charge in [0.05, 0.1) is 5.54 Å². The third-order valence-corrected chi connectivity index (χ3v) is 3.51. The smallest absolute Gasteiger partial charge is 0.211 e. The normalized spacial score (nSPS) is 17.4. The molecule has 1 saturated carbocycles. The van der Waals surface area contributed by atoms with Crippen molar-refractivity contribution in [3.8, 4) is 0 Å². The summed E-state index contributed by atoms with van der Waals surface area (Å²) >= 11 is 6.00. The SMILES string of the molecule is O=C=NC1(c2cc(C(F)F)ccc2Cl)CCC1. The molecule has 0 radical (unpaired) electrons. The summed E-state index contributed by atoms with van der Waals surface area (Å²) in [6.07, 6.45) is 1.16. The molecule has 0 spiro atoms. The number of nitrogens with zero attached hydrogens (tertiary/aromatic N) is 1. The summed E-state index contributed by atoms with van der Waals surface area (Å²) < 4.78 is 25.2. The number of isocyanates is 1. The van der Waals surface area contributed by atoms with E-state index in [9.17, 15) is 13.6 Å². The molecule has 1 aliphatic rings. The van der Waals surface area contributed by atoms with Crippen LogP contribution in [-0.2, 0) is 10.3 Å². The first-order valence-corrected chi connectivity index (χ1v) is 5.64. The molecule has 5 heteroatoms. The van der Waals surface area contributed by atoms with Gasteiger partial charge in [0.2, 0.25) is 6.08 Å². The highest BCUT2D eigenvalue weighted by molar-refractivity contribution is 6.31. The fraction of sp³-hybridized carbons (Fsp3) is 0.417. The number of benzene rings is 1. The summed E-state index contributed by atoms with van der Waals surface area (Å²) in [6, 6.07) is 4.05. The number of hydrogen-bond donors (Lipinski definition) is 0. The van der Waals surface area contributed by atoms with E-state index in [0.29, 0.717) is 23.4 Å². The van der Waals surface area contributed by atoms with E-state index in [1.807, 2.05) is 0 Å². The molecular formula is C12H10ClF2NO. The summed E-state index contributed by atoms with van der Waals surface area (Å²) in [7, 11) is 0. The van der Waals surface area contributed by atoms with Gasteiger partial charge in [0, 0.05) is 10.6 Å². The lowest BCUT2D eigenvalue weighted by atomic mass is 9.72. The van der Waals surface area contributed by atoms with E-state index in [-0.39, 0.29) is 5.56 Å². The van der Waals surface area contributed by atoms with Crippen LogP contribution in [0.5, 0.6) is 0 Å². The summed E-state index contributed by atoms with van der Waals surface area (Å²) in [5.74, 6) is 0. The first-order chi connectivity index (χ1) is 8.09. The fourth-order valence-electron chi connectivity index (χ4n) is 2.08. The van der Waals surface area contributed by atoms with Crippen molar-refractivity contribution in [3.63, 3.8) is 0 Å². The average molecular weight is 258 g/mol. The monoisotopic (exact) mass is 257 g/mol. The Morgan fingerprint density at radius 2 is 2.12 bits per heavy atom. The Kier molecular flexibility index (Phi) is 3.27. The van der Waals surface area contributed by atoms with Gasteiger partial charge in [0.15, 0.2) is 0 Å². The molecule has 90 valence electrons. The van der Waals surface area contributed by atoms with Gasteiger partial charge in [-0.1, -0.05) is 17.7 Å². The maximum absolute atomic E-state index is 12.6. The van der Waals surface area contributed by atoms with Crippen molar-refractivity contribution in [2.45, 2.75) is 31.2 Å². The van der Waals surface area contributed by atoms with Crippen LogP contribution in [0.2, 0.25) is 5.02 Å². The predicted octanol–water partition coefficient (Wildman–Crippen LogP) is 3.99. The maximum atomic E-state index is 12.6. The second kappa shape index (κ2) is 4.55. The summed E-state index contributed by atoms with van der Waals surface area (Å²) in [5.41, 5.74) is -0.327. The minimum atomic E-state index is -2.55. The lowest BCUT2D eigenvalue weighted by Crippen LogP contribution is -2.32. The van der Waals surface area contributed by atoms with Crippen LogP contribution < -0.4 is 0 Å². The van der Waals surface area contributed by atoms with E-state index in [1.54, 1.807) is 0 Å². The van der Waals surface area contributed by atoms with Gasteiger partial charge >= 0.3 is 0 Å². The van der Waals surface area contributed by atoms with E-state index in [2.05, 4.69) is 4.99 Å². The zero-order chi connectivity index (χ0) is 12.5. The molecule has 0 saturated heterocycles. The lowest BCUT2D eigenvalue weighted by molar-refractivity contribution is 0.151. The van der Waals surface area contributed by atoms with Crippen LogP contribution >= 0.6 is 11.6 Å². The Bertz CT molecular complexity index is 479. The molecule has 1 aromatic carbocycles. The van der Waals surface area contributed by atoms with Crippen LogP contribution in [0.25, 0.3) is 0 Å². The third-order valence-electron chi connectivity index (χ3n) is 3.18. The molecule has 2 nitrogen and oxygen atoms in total. The maximum Gasteiger partial charge on any atom is 0.263 e. The zero-order valence-electron chi connectivity index (χ0n) is 8.92. The van der Waals surface area contributed by atoms with E-state index in [0.717, 1.165) is 6.42 Å². The van der Waals surface area contributed by atoms with Gasteiger partial charge in [-0.05, 0) is 37.0 Å². The number of alkyl halides is 2. The quantitative estimate of drug-likeness (QED) is 0.595. The van der Waals surface area contributed by atoms with E-state index >= 15 is 0 Å². The molecule has 2 rings (SSSR count). The standard InChI is InChI=1S/C12H10ClF2NO/c13-10-3-2-8(11(14)15)6-9(10)12(16-7-17)4-1-5-12/h2-3,6,11H,1,4-5H2. The molecule has 17 heavy (non-hydrogen) atoms. The van der Waals surface area contributed by atoms with Crippen LogP contribution in [0, 0.1) is 0 Å². The van der Waals surface area contributed by atoms with Gasteiger partial charge in [0.1, 0.15) is 0 Å². The summed E-state index contributed by atoms with van der Waals surface area (Å²) in [5, 5.41) is 0.369. The van der Waals surface area contributed by atoms with Crippen molar-refractivity contribution in [2.75, 3.05) is 0 Å². The van der Waals surface area contributed by atoms with Crippen LogP contribution in [0.3, 0.4) is 0 Å². The highest BCUT2D eigenvalue weighted by atomic mass is 35.5. The molecule has 1 aliphatic carbocycles. The molecule has 0 atom stereocenters. The average Bonchev–Trinajstić information content (AvgIpc) is 2.24. The molecule has 0 amide bonds. The Morgan fingerprint density at radius 1 is 1.41 bits per heavy atom. The number of halogens is 3. The van der Waals surface area contributed by atoms with E-state index in [4.69, 9.17) is 11.6 Å². The Hall–Kier alpha value is -1.25. The largest absolute Gasteiger partial charge is 0.263 e. The third kappa shape index (κ3) is 2.11. The number of hydrogen-bond acceptors (Lipinski definition) is 2. The van der Waals surface area contributed by atoms with Crippen molar-refractivity contribution < 1.29 is 13.6 Å². The fourth-order valence-corrected chi connectivity index (χ4v) is 2.37. The molecule has 0 N–H and O–H groups in total. The van der Waals surface area contributed by atoms with Gasteiger partial charge in [-0.15, -0.1) is 0 Å². The Morgan fingerprint density at radius 3 is 2.59 bits per heavy atom. The minimum absolute atomic E-state index is 0.100. The van der Waals surface area contributed by atoms with Gasteiger partial charge in [-0.25, -0.2) is 13.6 Å². The van der Waals surface area contributed by atoms with Gasteiger partial charge < -0.3 is 0 Å². The van der Waals surface area contributed by atoms with Crippen LogP contribution in [0.1, 0.15) is 36.8 Å². The number of aliphatic imine (C=N–C) groups is 1. The van der Waals surface area contributed by atoms with Crippen molar-refractivity contribution in [3.05, 3.63) is 34.3 Å².